The molecule has 2 aromatic carbocycles. The van der Waals surface area contributed by atoms with Crippen molar-refractivity contribution in [1.29, 1.82) is 0 Å². The van der Waals surface area contributed by atoms with Crippen LogP contribution in [-0.4, -0.2) is 17.4 Å². The van der Waals surface area contributed by atoms with Gasteiger partial charge in [-0.25, -0.2) is 0 Å². The topological polar surface area (TPSA) is 78.7 Å². The summed E-state index contributed by atoms with van der Waals surface area (Å²) in [5.74, 6) is 0.144. The van der Waals surface area contributed by atoms with Crippen LogP contribution in [0.5, 0.6) is 5.75 Å². The highest BCUT2D eigenvalue weighted by atomic mass is 16.6. The SMILES string of the molecule is Cc1ccc(COc2ccc(COC(=O)CC[N+](=O)[O-])cc2)cc1. The van der Waals surface area contributed by atoms with Crippen molar-refractivity contribution in [2.24, 2.45) is 0 Å². The number of hydrogen-bond donors (Lipinski definition) is 0. The van der Waals surface area contributed by atoms with E-state index in [1.807, 2.05) is 31.2 Å². The molecule has 0 fully saturated rings. The van der Waals surface area contributed by atoms with Crippen molar-refractivity contribution in [3.8, 4) is 5.75 Å². The van der Waals surface area contributed by atoms with Gasteiger partial charge < -0.3 is 9.47 Å². The molecule has 0 bridgehead atoms. The predicted octanol–water partition coefficient (Wildman–Crippen LogP) is 3.28. The third-order valence-corrected chi connectivity index (χ3v) is 3.35. The molecule has 0 radical (unpaired) electrons. The zero-order valence-corrected chi connectivity index (χ0v) is 13.4. The normalized spacial score (nSPS) is 10.2. The van der Waals surface area contributed by atoms with E-state index in [0.29, 0.717) is 6.61 Å². The maximum absolute atomic E-state index is 11.3. The summed E-state index contributed by atoms with van der Waals surface area (Å²) in [6.45, 7) is 2.20. The minimum Gasteiger partial charge on any atom is -0.489 e. The summed E-state index contributed by atoms with van der Waals surface area (Å²) in [4.78, 5) is 21.0. The highest BCUT2D eigenvalue weighted by Crippen LogP contribution is 2.15. The molecule has 24 heavy (non-hydrogen) atoms. The summed E-state index contributed by atoms with van der Waals surface area (Å²) >= 11 is 0. The second kappa shape index (κ2) is 8.67. The Hall–Kier alpha value is -2.89. The minimum absolute atomic E-state index is 0.0921. The van der Waals surface area contributed by atoms with Crippen LogP contribution >= 0.6 is 0 Å². The van der Waals surface area contributed by atoms with Crippen LogP contribution in [0.2, 0.25) is 0 Å². The Morgan fingerprint density at radius 3 is 2.21 bits per heavy atom. The fourth-order valence-electron chi connectivity index (χ4n) is 1.95. The molecule has 6 nitrogen and oxygen atoms in total. The van der Waals surface area contributed by atoms with Gasteiger partial charge in [0.1, 0.15) is 25.4 Å². The van der Waals surface area contributed by atoms with Crippen LogP contribution in [0.15, 0.2) is 48.5 Å². The van der Waals surface area contributed by atoms with E-state index in [1.54, 1.807) is 24.3 Å². The quantitative estimate of drug-likeness (QED) is 0.422. The first-order chi connectivity index (χ1) is 11.5. The highest BCUT2D eigenvalue weighted by Gasteiger charge is 2.08. The summed E-state index contributed by atoms with van der Waals surface area (Å²) in [6, 6.07) is 15.3. The van der Waals surface area contributed by atoms with E-state index < -0.39 is 17.4 Å². The van der Waals surface area contributed by atoms with Crippen molar-refractivity contribution in [2.45, 2.75) is 26.6 Å². The van der Waals surface area contributed by atoms with E-state index in [0.717, 1.165) is 16.9 Å². The van der Waals surface area contributed by atoms with Crippen molar-refractivity contribution >= 4 is 5.97 Å². The molecule has 0 atom stereocenters. The van der Waals surface area contributed by atoms with E-state index in [1.165, 1.54) is 5.56 Å². The molecule has 0 aliphatic rings. The smallest absolute Gasteiger partial charge is 0.312 e. The average Bonchev–Trinajstić information content (AvgIpc) is 2.58. The van der Waals surface area contributed by atoms with Gasteiger partial charge in [-0.1, -0.05) is 42.0 Å². The van der Waals surface area contributed by atoms with Crippen molar-refractivity contribution < 1.29 is 19.2 Å². The highest BCUT2D eigenvalue weighted by molar-refractivity contribution is 5.69. The fourth-order valence-corrected chi connectivity index (χ4v) is 1.95. The van der Waals surface area contributed by atoms with Crippen molar-refractivity contribution in [1.82, 2.24) is 0 Å². The van der Waals surface area contributed by atoms with Gasteiger partial charge in [-0.2, -0.15) is 0 Å². The van der Waals surface area contributed by atoms with E-state index in [9.17, 15) is 14.9 Å². The molecule has 0 saturated carbocycles. The Balaban J connectivity index is 1.77. The van der Waals surface area contributed by atoms with E-state index in [2.05, 4.69) is 0 Å². The second-order valence-electron chi connectivity index (χ2n) is 5.39. The first-order valence-corrected chi connectivity index (χ1v) is 7.57. The van der Waals surface area contributed by atoms with E-state index >= 15 is 0 Å². The summed E-state index contributed by atoms with van der Waals surface area (Å²) in [7, 11) is 0. The lowest BCUT2D eigenvalue weighted by Crippen LogP contribution is -2.11. The molecule has 126 valence electrons. The Morgan fingerprint density at radius 1 is 1.00 bits per heavy atom. The van der Waals surface area contributed by atoms with Crippen molar-refractivity contribution in [3.63, 3.8) is 0 Å². The number of benzene rings is 2. The molecular weight excluding hydrogens is 310 g/mol. The monoisotopic (exact) mass is 329 g/mol. The zero-order valence-electron chi connectivity index (χ0n) is 13.4. The summed E-state index contributed by atoms with van der Waals surface area (Å²) < 4.78 is 10.7. The maximum atomic E-state index is 11.3. The number of hydrogen-bond acceptors (Lipinski definition) is 5. The van der Waals surface area contributed by atoms with E-state index in [4.69, 9.17) is 9.47 Å². The summed E-state index contributed by atoms with van der Waals surface area (Å²) in [6.07, 6.45) is -0.218. The van der Waals surface area contributed by atoms with Gasteiger partial charge in [0.15, 0.2) is 0 Å². The number of rotatable bonds is 8. The minimum atomic E-state index is -0.577. The summed E-state index contributed by atoms with van der Waals surface area (Å²) in [5.41, 5.74) is 3.09. The van der Waals surface area contributed by atoms with Crippen LogP contribution in [-0.2, 0) is 22.7 Å². The largest absolute Gasteiger partial charge is 0.489 e. The predicted molar refractivity (Wildman–Crippen MR) is 88.2 cm³/mol. The van der Waals surface area contributed by atoms with Crippen LogP contribution in [0.4, 0.5) is 0 Å². The number of carbonyl (C=O) groups is 1. The van der Waals surface area contributed by atoms with Crippen LogP contribution in [0.3, 0.4) is 0 Å². The van der Waals surface area contributed by atoms with Crippen LogP contribution < -0.4 is 4.74 Å². The van der Waals surface area contributed by atoms with Crippen LogP contribution in [0, 0.1) is 17.0 Å². The second-order valence-corrected chi connectivity index (χ2v) is 5.39. The number of ether oxygens (including phenoxy) is 2. The number of carbonyl (C=O) groups excluding carboxylic acids is 1. The number of esters is 1. The number of nitro groups is 1. The fraction of sp³-hybridized carbons (Fsp3) is 0.278. The standard InChI is InChI=1S/C18H19NO5/c1-14-2-4-15(5-3-14)12-23-17-8-6-16(7-9-17)13-24-18(20)10-11-19(21)22/h2-9H,10-13H2,1H3. The Morgan fingerprint density at radius 2 is 1.58 bits per heavy atom. The molecular formula is C18H19NO5. The molecule has 2 aromatic rings. The third-order valence-electron chi connectivity index (χ3n) is 3.35. The molecule has 2 rings (SSSR count). The van der Waals surface area contributed by atoms with Gasteiger partial charge in [-0.05, 0) is 30.2 Å². The lowest BCUT2D eigenvalue weighted by Gasteiger charge is -2.08. The van der Waals surface area contributed by atoms with Gasteiger partial charge in [0, 0.05) is 4.92 Å². The Kier molecular flexibility index (Phi) is 6.31. The maximum Gasteiger partial charge on any atom is 0.312 e. The van der Waals surface area contributed by atoms with Crippen LogP contribution in [0.1, 0.15) is 23.1 Å². The van der Waals surface area contributed by atoms with Crippen molar-refractivity contribution in [2.75, 3.05) is 6.54 Å². The van der Waals surface area contributed by atoms with Gasteiger partial charge in [-0.3, -0.25) is 14.9 Å². The first kappa shape index (κ1) is 17.5. The summed E-state index contributed by atoms with van der Waals surface area (Å²) in [5, 5.41) is 10.2. The van der Waals surface area contributed by atoms with Crippen LogP contribution in [0.25, 0.3) is 0 Å². The molecule has 0 aliphatic heterocycles. The molecule has 0 N–H and O–H groups in total. The van der Waals surface area contributed by atoms with Gasteiger partial charge in [-0.15, -0.1) is 0 Å². The first-order valence-electron chi connectivity index (χ1n) is 7.57. The van der Waals surface area contributed by atoms with Gasteiger partial charge in [0.25, 0.3) is 0 Å². The molecule has 0 saturated heterocycles. The molecule has 0 heterocycles. The third kappa shape index (κ3) is 6.08. The van der Waals surface area contributed by atoms with Gasteiger partial charge in [0.05, 0.1) is 0 Å². The van der Waals surface area contributed by atoms with Gasteiger partial charge >= 0.3 is 5.97 Å². The van der Waals surface area contributed by atoms with Crippen molar-refractivity contribution in [3.05, 3.63) is 75.3 Å². The molecule has 0 amide bonds. The lowest BCUT2D eigenvalue weighted by atomic mass is 10.2. The number of nitrogens with zero attached hydrogens (tertiary/aromatic N) is 1. The number of aryl methyl sites for hydroxylation is 1. The molecule has 0 aliphatic carbocycles. The Labute approximate surface area is 140 Å². The molecule has 0 unspecified atom stereocenters. The molecule has 0 spiro atoms. The lowest BCUT2D eigenvalue weighted by molar-refractivity contribution is -0.479. The average molecular weight is 329 g/mol. The van der Waals surface area contributed by atoms with Gasteiger partial charge in [0.2, 0.25) is 6.54 Å². The Bertz CT molecular complexity index is 680. The zero-order chi connectivity index (χ0) is 17.4. The molecule has 6 heteroatoms. The van der Waals surface area contributed by atoms with E-state index in [-0.39, 0.29) is 13.0 Å². The molecule has 0 aromatic heterocycles.